The summed E-state index contributed by atoms with van der Waals surface area (Å²) >= 11 is 0. The summed E-state index contributed by atoms with van der Waals surface area (Å²) in [6.07, 6.45) is 5.72. The van der Waals surface area contributed by atoms with E-state index in [1.807, 2.05) is 18.3 Å². The lowest BCUT2D eigenvalue weighted by Crippen LogP contribution is -2.01. The van der Waals surface area contributed by atoms with Gasteiger partial charge in [-0.15, -0.1) is 0 Å². The van der Waals surface area contributed by atoms with E-state index in [2.05, 4.69) is 156 Å². The fourth-order valence-corrected chi connectivity index (χ4v) is 5.79. The topological polar surface area (TPSA) is 37.6 Å². The summed E-state index contributed by atoms with van der Waals surface area (Å²) in [7, 11) is 0. The summed E-state index contributed by atoms with van der Waals surface area (Å²) in [6.45, 7) is 4.49. The highest BCUT2D eigenvalue weighted by atomic mass is 14.8. The van der Waals surface area contributed by atoms with Gasteiger partial charge in [0.15, 0.2) is 0 Å². The second-order valence-corrected chi connectivity index (χ2v) is 11.0. The minimum absolute atomic E-state index is 0.535. The summed E-state index contributed by atoms with van der Waals surface area (Å²) in [5.41, 5.74) is 9.19. The highest BCUT2D eigenvalue weighted by molar-refractivity contribution is 6.13. The summed E-state index contributed by atoms with van der Waals surface area (Å²) in [4.78, 5) is 14.0. The molecule has 7 rings (SSSR count). The smallest absolute Gasteiger partial charge is 0.0716 e. The molecule has 0 aliphatic carbocycles. The second-order valence-electron chi connectivity index (χ2n) is 11.0. The SMILES string of the molecule is C=N/C(=C\C(=N/Cc1cccc2ccccc12)c1cccc(-c2ccc3ccccc3c2)c1)c1cccc(-c2cccnc2)c1. The molecule has 0 aliphatic heterocycles. The van der Waals surface area contributed by atoms with Gasteiger partial charge in [-0.3, -0.25) is 15.0 Å². The fraction of sp³-hybridized carbons (Fsp3) is 0.0238. The molecule has 7 aromatic rings. The average molecular weight is 578 g/mol. The Labute approximate surface area is 263 Å². The Morgan fingerprint density at radius 2 is 1.24 bits per heavy atom. The van der Waals surface area contributed by atoms with Crippen molar-refractivity contribution in [1.29, 1.82) is 0 Å². The van der Waals surface area contributed by atoms with Gasteiger partial charge in [-0.25, -0.2) is 0 Å². The molecule has 6 aromatic carbocycles. The first-order valence-corrected chi connectivity index (χ1v) is 15.1. The number of fused-ring (bicyclic) bond motifs is 2. The summed E-state index contributed by atoms with van der Waals surface area (Å²) in [5, 5.41) is 4.87. The van der Waals surface area contributed by atoms with E-state index >= 15 is 0 Å². The van der Waals surface area contributed by atoms with Gasteiger partial charge in [0.2, 0.25) is 0 Å². The van der Waals surface area contributed by atoms with E-state index in [0.717, 1.165) is 39.2 Å². The van der Waals surface area contributed by atoms with Gasteiger partial charge in [0.05, 0.1) is 18.0 Å². The minimum atomic E-state index is 0.535. The maximum Gasteiger partial charge on any atom is 0.0716 e. The van der Waals surface area contributed by atoms with Crippen LogP contribution in [0.15, 0.2) is 174 Å². The van der Waals surface area contributed by atoms with E-state index in [1.54, 1.807) is 6.20 Å². The minimum Gasteiger partial charge on any atom is -0.280 e. The van der Waals surface area contributed by atoms with Crippen LogP contribution < -0.4 is 0 Å². The van der Waals surface area contributed by atoms with Gasteiger partial charge >= 0.3 is 0 Å². The standard InChI is InChI=1S/C42H31N3/c1-43-41(36-16-8-15-34(26-36)38-19-9-23-44-28-38)27-42(45-29-39-18-6-13-31-11-4-5-20-40(31)39)37-17-7-14-33(25-37)35-22-21-30-10-2-3-12-32(30)24-35/h2-28H,1,29H2/b41-27-,45-42+. The van der Waals surface area contributed by atoms with Crippen LogP contribution >= 0.6 is 0 Å². The molecule has 0 amide bonds. The van der Waals surface area contributed by atoms with Crippen LogP contribution in [0.2, 0.25) is 0 Å². The number of hydrogen-bond acceptors (Lipinski definition) is 3. The molecular weight excluding hydrogens is 546 g/mol. The van der Waals surface area contributed by atoms with Gasteiger partial charge in [0, 0.05) is 29.1 Å². The molecule has 3 nitrogen and oxygen atoms in total. The molecule has 0 saturated heterocycles. The maximum atomic E-state index is 5.24. The number of allylic oxidation sites excluding steroid dienone is 1. The van der Waals surface area contributed by atoms with Crippen molar-refractivity contribution < 1.29 is 0 Å². The summed E-state index contributed by atoms with van der Waals surface area (Å²) in [5.74, 6) is 0. The predicted molar refractivity (Wildman–Crippen MR) is 191 cm³/mol. The number of pyridine rings is 1. The Morgan fingerprint density at radius 3 is 2.07 bits per heavy atom. The van der Waals surface area contributed by atoms with Crippen molar-refractivity contribution in [3.05, 3.63) is 181 Å². The number of aliphatic imine (C=N–C) groups is 2. The molecule has 0 atom stereocenters. The van der Waals surface area contributed by atoms with Crippen LogP contribution in [0.3, 0.4) is 0 Å². The van der Waals surface area contributed by atoms with Crippen molar-refractivity contribution in [3.8, 4) is 22.3 Å². The van der Waals surface area contributed by atoms with Crippen LogP contribution in [0.25, 0.3) is 49.5 Å². The van der Waals surface area contributed by atoms with Crippen LogP contribution in [0.4, 0.5) is 0 Å². The molecule has 3 heteroatoms. The Balaban J connectivity index is 1.33. The van der Waals surface area contributed by atoms with Crippen LogP contribution in [0, 0.1) is 0 Å². The first-order chi connectivity index (χ1) is 22.2. The zero-order chi connectivity index (χ0) is 30.4. The second kappa shape index (κ2) is 12.7. The highest BCUT2D eigenvalue weighted by Gasteiger charge is 2.10. The third-order valence-corrected chi connectivity index (χ3v) is 8.14. The van der Waals surface area contributed by atoms with Crippen molar-refractivity contribution in [2.75, 3.05) is 0 Å². The van der Waals surface area contributed by atoms with Crippen molar-refractivity contribution in [1.82, 2.24) is 4.98 Å². The van der Waals surface area contributed by atoms with E-state index in [-0.39, 0.29) is 0 Å². The average Bonchev–Trinajstić information content (AvgIpc) is 3.12. The zero-order valence-electron chi connectivity index (χ0n) is 24.8. The molecule has 0 saturated carbocycles. The van der Waals surface area contributed by atoms with Gasteiger partial charge in [-0.2, -0.15) is 0 Å². The molecule has 0 aliphatic rings. The highest BCUT2D eigenvalue weighted by Crippen LogP contribution is 2.28. The predicted octanol–water partition coefficient (Wildman–Crippen LogP) is 10.5. The molecule has 1 aromatic heterocycles. The first kappa shape index (κ1) is 27.9. The van der Waals surface area contributed by atoms with Crippen LogP contribution in [-0.4, -0.2) is 17.4 Å². The quantitative estimate of drug-likeness (QED) is 0.166. The van der Waals surface area contributed by atoms with Crippen LogP contribution in [0.1, 0.15) is 16.7 Å². The van der Waals surface area contributed by atoms with E-state index in [4.69, 9.17) is 4.99 Å². The fourth-order valence-electron chi connectivity index (χ4n) is 5.79. The molecule has 0 bridgehead atoms. The van der Waals surface area contributed by atoms with E-state index in [0.29, 0.717) is 6.54 Å². The Kier molecular flexibility index (Phi) is 7.89. The summed E-state index contributed by atoms with van der Waals surface area (Å²) in [6, 6.07) is 50.9. The molecule has 0 spiro atoms. The number of hydrogen-bond donors (Lipinski definition) is 0. The monoisotopic (exact) mass is 577 g/mol. The third kappa shape index (κ3) is 6.11. The Hall–Kier alpha value is -5.93. The normalized spacial score (nSPS) is 12.0. The molecule has 45 heavy (non-hydrogen) atoms. The number of benzene rings is 6. The largest absolute Gasteiger partial charge is 0.280 e. The van der Waals surface area contributed by atoms with Gasteiger partial charge in [-0.05, 0) is 80.9 Å². The molecule has 0 unspecified atom stereocenters. The lowest BCUT2D eigenvalue weighted by Gasteiger charge is -2.11. The Morgan fingerprint density at radius 1 is 0.578 bits per heavy atom. The zero-order valence-corrected chi connectivity index (χ0v) is 24.8. The molecule has 0 N–H and O–H groups in total. The van der Waals surface area contributed by atoms with Crippen molar-refractivity contribution in [2.24, 2.45) is 9.98 Å². The molecule has 0 fully saturated rings. The number of aromatic nitrogens is 1. The lowest BCUT2D eigenvalue weighted by atomic mass is 9.97. The molecule has 1 heterocycles. The maximum absolute atomic E-state index is 5.24. The van der Waals surface area contributed by atoms with Gasteiger partial charge in [0.1, 0.15) is 0 Å². The molecular formula is C42H31N3. The Bertz CT molecular complexity index is 2200. The van der Waals surface area contributed by atoms with E-state index in [9.17, 15) is 0 Å². The van der Waals surface area contributed by atoms with Crippen LogP contribution in [0.5, 0.6) is 0 Å². The lowest BCUT2D eigenvalue weighted by molar-refractivity contribution is 1.08. The molecule has 214 valence electrons. The third-order valence-electron chi connectivity index (χ3n) is 8.14. The van der Waals surface area contributed by atoms with E-state index < -0.39 is 0 Å². The number of rotatable bonds is 8. The van der Waals surface area contributed by atoms with E-state index in [1.165, 1.54) is 32.7 Å². The van der Waals surface area contributed by atoms with Crippen molar-refractivity contribution >= 4 is 39.7 Å². The molecule has 0 radical (unpaired) electrons. The van der Waals surface area contributed by atoms with Crippen molar-refractivity contribution in [2.45, 2.75) is 6.54 Å². The van der Waals surface area contributed by atoms with Crippen molar-refractivity contribution in [3.63, 3.8) is 0 Å². The van der Waals surface area contributed by atoms with Gasteiger partial charge < -0.3 is 0 Å². The van der Waals surface area contributed by atoms with Crippen LogP contribution in [-0.2, 0) is 6.54 Å². The number of nitrogens with zero attached hydrogens (tertiary/aromatic N) is 3. The van der Waals surface area contributed by atoms with Gasteiger partial charge in [-0.1, -0.05) is 121 Å². The summed E-state index contributed by atoms with van der Waals surface area (Å²) < 4.78 is 0. The first-order valence-electron chi connectivity index (χ1n) is 15.1. The van der Waals surface area contributed by atoms with Gasteiger partial charge in [0.25, 0.3) is 0 Å².